The third kappa shape index (κ3) is 9.07. The number of carbonyl (C=O) groups excluding carboxylic acids is 1. The Balaban J connectivity index is 0.00000450. The predicted molar refractivity (Wildman–Crippen MR) is 134 cm³/mol. The number of nitrogens with one attached hydrogen (secondary N) is 2. The second-order valence-electron chi connectivity index (χ2n) is 7.67. The predicted octanol–water partition coefficient (Wildman–Crippen LogP) is 2.70. The molecular formula is C22H38IN5O2. The number of halogens is 1. The van der Waals surface area contributed by atoms with Gasteiger partial charge in [0, 0.05) is 46.8 Å². The summed E-state index contributed by atoms with van der Waals surface area (Å²) in [6.07, 6.45) is 5.22. The van der Waals surface area contributed by atoms with Crippen molar-refractivity contribution in [1.82, 2.24) is 20.4 Å². The second-order valence-corrected chi connectivity index (χ2v) is 7.67. The van der Waals surface area contributed by atoms with Crippen LogP contribution >= 0.6 is 24.0 Å². The Morgan fingerprint density at radius 3 is 2.80 bits per heavy atom. The highest BCUT2D eigenvalue weighted by Gasteiger charge is 2.19. The molecule has 7 nitrogen and oxygen atoms in total. The van der Waals surface area contributed by atoms with Crippen LogP contribution in [0.25, 0.3) is 0 Å². The van der Waals surface area contributed by atoms with Gasteiger partial charge in [-0.3, -0.25) is 14.7 Å². The van der Waals surface area contributed by atoms with Crippen molar-refractivity contribution in [1.29, 1.82) is 0 Å². The van der Waals surface area contributed by atoms with E-state index in [-0.39, 0.29) is 36.5 Å². The number of benzene rings is 1. The van der Waals surface area contributed by atoms with E-state index in [4.69, 9.17) is 4.74 Å². The number of likely N-dealkylation sites (tertiary alicyclic amines) is 1. The largest absolute Gasteiger partial charge is 0.484 e. The molecule has 8 heteroatoms. The summed E-state index contributed by atoms with van der Waals surface area (Å²) >= 11 is 0. The number of guanidine groups is 1. The average molecular weight is 531 g/mol. The van der Waals surface area contributed by atoms with Gasteiger partial charge >= 0.3 is 0 Å². The molecule has 0 radical (unpaired) electrons. The first-order valence-electron chi connectivity index (χ1n) is 10.6. The Kier molecular flexibility index (Phi) is 12.8. The van der Waals surface area contributed by atoms with Gasteiger partial charge in [-0.25, -0.2) is 0 Å². The molecule has 0 aliphatic carbocycles. The lowest BCUT2D eigenvalue weighted by molar-refractivity contribution is -0.130. The molecule has 2 rings (SSSR count). The van der Waals surface area contributed by atoms with Gasteiger partial charge in [0.15, 0.2) is 12.6 Å². The van der Waals surface area contributed by atoms with E-state index < -0.39 is 0 Å². The van der Waals surface area contributed by atoms with Crippen LogP contribution in [0.5, 0.6) is 5.75 Å². The molecule has 0 bridgehead atoms. The van der Waals surface area contributed by atoms with Gasteiger partial charge in [-0.15, -0.1) is 24.0 Å². The van der Waals surface area contributed by atoms with Crippen molar-refractivity contribution in [2.45, 2.75) is 45.2 Å². The molecule has 1 atom stereocenters. The van der Waals surface area contributed by atoms with E-state index in [1.165, 1.54) is 37.1 Å². The first-order valence-corrected chi connectivity index (χ1v) is 10.6. The number of rotatable bonds is 9. The summed E-state index contributed by atoms with van der Waals surface area (Å²) < 4.78 is 5.59. The number of aliphatic imine (C=N–C) groups is 1. The van der Waals surface area contributed by atoms with Crippen molar-refractivity contribution in [3.8, 4) is 5.75 Å². The summed E-state index contributed by atoms with van der Waals surface area (Å²) in [5.74, 6) is 1.43. The zero-order valence-electron chi connectivity index (χ0n) is 18.8. The van der Waals surface area contributed by atoms with Gasteiger partial charge in [-0.1, -0.05) is 25.5 Å². The van der Waals surface area contributed by atoms with Crippen molar-refractivity contribution < 1.29 is 9.53 Å². The van der Waals surface area contributed by atoms with Gasteiger partial charge in [0.1, 0.15) is 5.75 Å². The van der Waals surface area contributed by atoms with Crippen LogP contribution in [-0.2, 0) is 11.3 Å². The molecule has 0 aromatic heterocycles. The van der Waals surface area contributed by atoms with Crippen molar-refractivity contribution in [3.05, 3.63) is 29.8 Å². The highest BCUT2D eigenvalue weighted by molar-refractivity contribution is 14.0. The van der Waals surface area contributed by atoms with Crippen LogP contribution in [0, 0.1) is 0 Å². The summed E-state index contributed by atoms with van der Waals surface area (Å²) in [6.45, 7) is 6.09. The Morgan fingerprint density at radius 2 is 2.10 bits per heavy atom. The number of amides is 1. The number of carbonyl (C=O) groups is 1. The second kappa shape index (κ2) is 14.5. The lowest BCUT2D eigenvalue weighted by Gasteiger charge is -2.35. The fourth-order valence-electron chi connectivity index (χ4n) is 3.56. The minimum Gasteiger partial charge on any atom is -0.484 e. The van der Waals surface area contributed by atoms with Gasteiger partial charge in [0.05, 0.1) is 0 Å². The number of piperidine rings is 1. The van der Waals surface area contributed by atoms with Gasteiger partial charge in [-0.2, -0.15) is 0 Å². The maximum absolute atomic E-state index is 11.7. The monoisotopic (exact) mass is 531 g/mol. The Bertz CT molecular complexity index is 669. The molecule has 30 heavy (non-hydrogen) atoms. The van der Waals surface area contributed by atoms with Gasteiger partial charge < -0.3 is 20.3 Å². The molecule has 1 saturated heterocycles. The summed E-state index contributed by atoms with van der Waals surface area (Å²) in [4.78, 5) is 20.1. The van der Waals surface area contributed by atoms with Crippen LogP contribution < -0.4 is 15.4 Å². The molecule has 1 aliphatic heterocycles. The van der Waals surface area contributed by atoms with E-state index in [2.05, 4.69) is 27.4 Å². The van der Waals surface area contributed by atoms with E-state index in [0.717, 1.165) is 30.7 Å². The van der Waals surface area contributed by atoms with E-state index in [1.54, 1.807) is 21.1 Å². The number of hydrogen-bond donors (Lipinski definition) is 2. The van der Waals surface area contributed by atoms with Crippen LogP contribution in [0.4, 0.5) is 0 Å². The van der Waals surface area contributed by atoms with Crippen molar-refractivity contribution in [2.24, 2.45) is 4.99 Å². The molecule has 1 unspecified atom stereocenters. The van der Waals surface area contributed by atoms with Crippen LogP contribution in [0.2, 0.25) is 0 Å². The minimum absolute atomic E-state index is 0. The molecule has 1 aliphatic rings. The van der Waals surface area contributed by atoms with E-state index in [0.29, 0.717) is 12.3 Å². The topological polar surface area (TPSA) is 69.2 Å². The molecule has 1 aromatic carbocycles. The fourth-order valence-corrected chi connectivity index (χ4v) is 3.56. The molecule has 1 amide bonds. The molecule has 1 heterocycles. The Hall–Kier alpha value is -1.55. The molecule has 1 fully saturated rings. The standard InChI is InChI=1S/C22H37N5O2.HI/c1-5-19-10-6-7-13-27(19)14-12-24-22(23-2)25-16-18-9-8-11-20(15-18)29-17-21(28)26(3)4;/h8-9,11,15,19H,5-7,10,12-14,16-17H2,1-4H3,(H2,23,24,25);1H. The number of likely N-dealkylation sites (N-methyl/N-ethyl adjacent to an activating group) is 1. The van der Waals surface area contributed by atoms with Crippen molar-refractivity contribution in [2.75, 3.05) is 47.4 Å². The zero-order chi connectivity index (χ0) is 21.1. The fraction of sp³-hybridized carbons (Fsp3) is 0.636. The van der Waals surface area contributed by atoms with Crippen LogP contribution in [0.1, 0.15) is 38.2 Å². The first kappa shape index (κ1) is 26.5. The van der Waals surface area contributed by atoms with E-state index >= 15 is 0 Å². The smallest absolute Gasteiger partial charge is 0.259 e. The maximum Gasteiger partial charge on any atom is 0.259 e. The molecular weight excluding hydrogens is 493 g/mol. The molecule has 2 N–H and O–H groups in total. The van der Waals surface area contributed by atoms with Crippen LogP contribution in [0.15, 0.2) is 29.3 Å². The first-order chi connectivity index (χ1) is 14.0. The summed E-state index contributed by atoms with van der Waals surface area (Å²) in [5, 5.41) is 6.76. The lowest BCUT2D eigenvalue weighted by Crippen LogP contribution is -2.45. The summed E-state index contributed by atoms with van der Waals surface area (Å²) in [6, 6.07) is 8.50. The lowest BCUT2D eigenvalue weighted by atomic mass is 10.0. The van der Waals surface area contributed by atoms with E-state index in [9.17, 15) is 4.79 Å². The third-order valence-electron chi connectivity index (χ3n) is 5.35. The van der Waals surface area contributed by atoms with Gasteiger partial charge in [0.25, 0.3) is 5.91 Å². The SMILES string of the molecule is CCC1CCCCN1CCNC(=NC)NCc1cccc(OCC(=O)N(C)C)c1.I. The molecule has 1 aromatic rings. The molecule has 0 spiro atoms. The van der Waals surface area contributed by atoms with Gasteiger partial charge in [0.2, 0.25) is 0 Å². The Labute approximate surface area is 198 Å². The van der Waals surface area contributed by atoms with Crippen LogP contribution in [0.3, 0.4) is 0 Å². The third-order valence-corrected chi connectivity index (χ3v) is 5.35. The average Bonchev–Trinajstić information content (AvgIpc) is 2.74. The van der Waals surface area contributed by atoms with E-state index in [1.807, 2.05) is 24.3 Å². The number of hydrogen-bond acceptors (Lipinski definition) is 4. The minimum atomic E-state index is -0.0582. The van der Waals surface area contributed by atoms with Crippen molar-refractivity contribution >= 4 is 35.8 Å². The summed E-state index contributed by atoms with van der Waals surface area (Å²) in [7, 11) is 5.23. The van der Waals surface area contributed by atoms with Gasteiger partial charge in [-0.05, 0) is 43.5 Å². The van der Waals surface area contributed by atoms with Crippen LogP contribution in [-0.4, -0.2) is 75.1 Å². The normalized spacial score (nSPS) is 17.1. The molecule has 0 saturated carbocycles. The quantitative estimate of drug-likeness (QED) is 0.292. The Morgan fingerprint density at radius 1 is 1.30 bits per heavy atom. The maximum atomic E-state index is 11.7. The number of nitrogens with zero attached hydrogens (tertiary/aromatic N) is 3. The zero-order valence-corrected chi connectivity index (χ0v) is 21.1. The number of ether oxygens (including phenoxy) is 1. The van der Waals surface area contributed by atoms with Crippen molar-refractivity contribution in [3.63, 3.8) is 0 Å². The highest BCUT2D eigenvalue weighted by atomic mass is 127. The molecule has 170 valence electrons. The highest BCUT2D eigenvalue weighted by Crippen LogP contribution is 2.18. The summed E-state index contributed by atoms with van der Waals surface area (Å²) in [5.41, 5.74) is 1.07.